The molecular formula is C72H70F4N2O3. The predicted octanol–water partition coefficient (Wildman–Crippen LogP) is 19.1. The fourth-order valence-corrected chi connectivity index (χ4v) is 13.6. The quantitative estimate of drug-likeness (QED) is 0.0821. The van der Waals surface area contributed by atoms with Crippen molar-refractivity contribution in [1.82, 2.24) is 0 Å². The van der Waals surface area contributed by atoms with Crippen LogP contribution in [0.15, 0.2) is 164 Å². The first kappa shape index (κ1) is 54.1. The van der Waals surface area contributed by atoms with Gasteiger partial charge in [0, 0.05) is 57.5 Å². The molecular weight excluding hydrogens is 1020 g/mol. The van der Waals surface area contributed by atoms with Crippen LogP contribution in [-0.4, -0.2) is 32.2 Å². The van der Waals surface area contributed by atoms with Crippen molar-refractivity contribution >= 4 is 34.1 Å². The van der Waals surface area contributed by atoms with Crippen molar-refractivity contribution in [2.24, 2.45) is 5.92 Å². The third-order valence-corrected chi connectivity index (χ3v) is 18.2. The topological polar surface area (TPSA) is 50.8 Å². The molecule has 8 aromatic rings. The number of benzene rings is 8. The summed E-state index contributed by atoms with van der Waals surface area (Å²) in [5, 5.41) is 4.10. The Bertz CT molecular complexity index is 3600. The molecule has 2 aliphatic heterocycles. The second-order valence-electron chi connectivity index (χ2n) is 23.2. The number of carbonyl (C=O) groups is 1. The van der Waals surface area contributed by atoms with E-state index in [4.69, 9.17) is 9.47 Å². The Morgan fingerprint density at radius 3 is 1.98 bits per heavy atom. The molecule has 81 heavy (non-hydrogen) atoms. The normalized spacial score (nSPS) is 20.4. The van der Waals surface area contributed by atoms with Crippen molar-refractivity contribution < 1.29 is 31.8 Å². The van der Waals surface area contributed by atoms with Crippen LogP contribution in [0, 0.1) is 11.7 Å². The molecule has 5 nitrogen and oxygen atoms in total. The number of halogens is 4. The zero-order chi connectivity index (χ0) is 55.9. The number of nitrogens with zero attached hydrogens (tertiary/aromatic N) is 1. The highest BCUT2D eigenvalue weighted by atomic mass is 19.4. The maximum Gasteiger partial charge on any atom is 0.416 e. The number of carbonyl (C=O) groups excluding carboxylic acids is 1. The van der Waals surface area contributed by atoms with Crippen molar-refractivity contribution in [1.29, 1.82) is 0 Å². The number of amides is 1. The lowest BCUT2D eigenvalue weighted by molar-refractivity contribution is -0.137. The second kappa shape index (κ2) is 22.5. The van der Waals surface area contributed by atoms with Crippen molar-refractivity contribution in [2.45, 2.75) is 115 Å². The molecule has 8 aromatic carbocycles. The number of fused-ring (bicyclic) bond motifs is 8. The fourth-order valence-electron chi connectivity index (χ4n) is 13.6. The zero-order valence-corrected chi connectivity index (χ0v) is 46.6. The maximum atomic E-state index is 14.9. The van der Waals surface area contributed by atoms with E-state index in [-0.39, 0.29) is 5.91 Å². The van der Waals surface area contributed by atoms with Gasteiger partial charge in [0.25, 0.3) is 5.91 Å². The first-order valence-electron chi connectivity index (χ1n) is 29.4. The van der Waals surface area contributed by atoms with E-state index in [9.17, 15) is 22.4 Å². The molecule has 1 amide bonds. The van der Waals surface area contributed by atoms with Crippen molar-refractivity contribution in [3.8, 4) is 39.1 Å². The average Bonchev–Trinajstić information content (AvgIpc) is 2.36. The van der Waals surface area contributed by atoms with Gasteiger partial charge in [0.1, 0.15) is 11.6 Å². The minimum atomic E-state index is -4.62. The van der Waals surface area contributed by atoms with E-state index >= 15 is 0 Å². The minimum absolute atomic E-state index is 0.200. The summed E-state index contributed by atoms with van der Waals surface area (Å²) >= 11 is 0. The van der Waals surface area contributed by atoms with E-state index in [1.807, 2.05) is 84.9 Å². The molecule has 0 bridgehead atoms. The summed E-state index contributed by atoms with van der Waals surface area (Å²) in [4.78, 5) is 15.9. The molecule has 0 radical (unpaired) electrons. The second-order valence-corrected chi connectivity index (χ2v) is 23.2. The molecule has 4 aliphatic rings. The molecule has 2 aliphatic carbocycles. The van der Waals surface area contributed by atoms with Crippen LogP contribution in [-0.2, 0) is 21.9 Å². The predicted molar refractivity (Wildman–Crippen MR) is 321 cm³/mol. The van der Waals surface area contributed by atoms with Crippen LogP contribution >= 0.6 is 0 Å². The Labute approximate surface area is 474 Å². The van der Waals surface area contributed by atoms with Crippen LogP contribution in [0.25, 0.3) is 50.2 Å². The Hall–Kier alpha value is -7.49. The Kier molecular flexibility index (Phi) is 15.0. The van der Waals surface area contributed by atoms with Gasteiger partial charge in [0.15, 0.2) is 5.60 Å². The van der Waals surface area contributed by atoms with Crippen LogP contribution in [0.4, 0.5) is 28.9 Å². The standard InChI is InChI=1S/C72H70F4N2O3/c1-4-6-8-9-47-10-12-48(13-11-47)49-14-16-50(17-15-49)51-18-20-53(21-19-51)69(79)77-59-32-22-52(23-33-59)54-24-37-65-64(45-54)66-61-36-29-57(72(74,75)76)46-63(61)68-62(67(66)70(65,3)39-7-5-2)38-40-71(81-68,55-25-30-58(73)31-26-55)56-27-34-60(35-28-56)78-41-43-80-44-42-78/h14-38,40,45-48H,4-13,39,41-44H2,1-3H3,(H,77,79). The SMILES string of the molecule is CCCCCC1CCC(c2ccc(-c3ccc(C(=O)Nc4ccc(-c5ccc6c(c5)-c5c(c7c(c8cc(C(F)(F)F)ccc58)OC(c5ccc(F)cc5)(c5ccc(N8CCOCC8)cc5)C=C7)C6(C)CCCC)cc4)cc3)cc2)CC1. The molecule has 2 fully saturated rings. The van der Waals surface area contributed by atoms with Gasteiger partial charge in [-0.1, -0.05) is 156 Å². The van der Waals surface area contributed by atoms with Gasteiger partial charge >= 0.3 is 6.18 Å². The van der Waals surface area contributed by atoms with Gasteiger partial charge in [-0.15, -0.1) is 0 Å². The fraction of sp³-hybridized carbons (Fsp3) is 0.319. The first-order chi connectivity index (χ1) is 39.3. The molecule has 2 atom stereocenters. The van der Waals surface area contributed by atoms with Gasteiger partial charge in [-0.25, -0.2) is 4.39 Å². The third-order valence-electron chi connectivity index (χ3n) is 18.2. The van der Waals surface area contributed by atoms with E-state index in [0.717, 1.165) is 99.6 Å². The molecule has 2 heterocycles. The number of unbranched alkanes of at least 4 members (excludes halogenated alkanes) is 3. The number of rotatable bonds is 15. The van der Waals surface area contributed by atoms with E-state index in [1.165, 1.54) is 81.2 Å². The number of nitrogens with one attached hydrogen (secondary N) is 1. The van der Waals surface area contributed by atoms with Crippen molar-refractivity contribution in [2.75, 3.05) is 36.5 Å². The van der Waals surface area contributed by atoms with Gasteiger partial charge in [-0.05, 0) is 172 Å². The number of anilines is 2. The number of alkyl halides is 3. The highest BCUT2D eigenvalue weighted by Gasteiger charge is 2.47. The summed E-state index contributed by atoms with van der Waals surface area (Å²) in [5.74, 6) is 1.27. The van der Waals surface area contributed by atoms with E-state index in [0.29, 0.717) is 52.5 Å². The smallest absolute Gasteiger partial charge is 0.416 e. The third kappa shape index (κ3) is 10.5. The summed E-state index contributed by atoms with van der Waals surface area (Å²) in [7, 11) is 0. The lowest BCUT2D eigenvalue weighted by Gasteiger charge is -2.39. The number of hydrogen-bond acceptors (Lipinski definition) is 4. The average molecular weight is 1090 g/mol. The van der Waals surface area contributed by atoms with Crippen LogP contribution in [0.3, 0.4) is 0 Å². The van der Waals surface area contributed by atoms with E-state index < -0.39 is 28.6 Å². The molecule has 1 saturated carbocycles. The largest absolute Gasteiger partial charge is 0.472 e. The van der Waals surface area contributed by atoms with Gasteiger partial charge in [-0.2, -0.15) is 13.2 Å². The van der Waals surface area contributed by atoms with Crippen molar-refractivity contribution in [3.05, 3.63) is 214 Å². The van der Waals surface area contributed by atoms with E-state index in [2.05, 4.69) is 73.5 Å². The molecule has 0 spiro atoms. The molecule has 2 unspecified atom stereocenters. The highest BCUT2D eigenvalue weighted by molar-refractivity contribution is 6.09. The Morgan fingerprint density at radius 1 is 0.679 bits per heavy atom. The Balaban J connectivity index is 0.841. The minimum Gasteiger partial charge on any atom is -0.472 e. The summed E-state index contributed by atoms with van der Waals surface area (Å²) in [6, 6.07) is 49.4. The molecule has 1 saturated heterocycles. The zero-order valence-electron chi connectivity index (χ0n) is 46.6. The molecule has 414 valence electrons. The number of morpholine rings is 1. The molecule has 0 aromatic heterocycles. The van der Waals surface area contributed by atoms with Crippen LogP contribution in [0.2, 0.25) is 0 Å². The maximum absolute atomic E-state index is 14.9. The van der Waals surface area contributed by atoms with Crippen LogP contribution < -0.4 is 15.0 Å². The molecule has 9 heteroatoms. The number of hydrogen-bond donors (Lipinski definition) is 1. The Morgan fingerprint density at radius 2 is 1.31 bits per heavy atom. The lowest BCUT2D eigenvalue weighted by atomic mass is 9.72. The summed E-state index contributed by atoms with van der Waals surface area (Å²) < 4.78 is 72.4. The van der Waals surface area contributed by atoms with Crippen LogP contribution in [0.1, 0.15) is 147 Å². The number of ether oxygens (including phenoxy) is 2. The summed E-state index contributed by atoms with van der Waals surface area (Å²) in [6.07, 6.45) is 12.7. The monoisotopic (exact) mass is 1090 g/mol. The highest BCUT2D eigenvalue weighted by Crippen LogP contribution is 2.60. The van der Waals surface area contributed by atoms with Gasteiger partial charge in [0.05, 0.1) is 18.8 Å². The lowest BCUT2D eigenvalue weighted by Crippen LogP contribution is -2.37. The summed E-state index contributed by atoms with van der Waals surface area (Å²) in [6.45, 7) is 9.47. The van der Waals surface area contributed by atoms with Gasteiger partial charge in [0.2, 0.25) is 0 Å². The summed E-state index contributed by atoms with van der Waals surface area (Å²) in [5.41, 5.74) is 11.2. The van der Waals surface area contributed by atoms with Crippen LogP contribution in [0.5, 0.6) is 5.75 Å². The van der Waals surface area contributed by atoms with Gasteiger partial charge < -0.3 is 19.7 Å². The van der Waals surface area contributed by atoms with Gasteiger partial charge in [-0.3, -0.25) is 4.79 Å². The first-order valence-corrected chi connectivity index (χ1v) is 29.4. The van der Waals surface area contributed by atoms with Crippen molar-refractivity contribution in [3.63, 3.8) is 0 Å². The molecule has 1 N–H and O–H groups in total. The van der Waals surface area contributed by atoms with E-state index in [1.54, 1.807) is 18.2 Å². The molecule has 12 rings (SSSR count).